The van der Waals surface area contributed by atoms with E-state index in [9.17, 15) is 22.0 Å². The van der Waals surface area contributed by atoms with Gasteiger partial charge in [-0.25, -0.2) is 17.9 Å². The molecule has 0 aliphatic heterocycles. The van der Waals surface area contributed by atoms with Crippen molar-refractivity contribution in [3.63, 3.8) is 0 Å². The lowest BCUT2D eigenvalue weighted by molar-refractivity contribution is -0.167. The molecule has 1 unspecified atom stereocenters. The standard InChI is InChI=1S/C14H19F2NO4S/c1-4-10(2)11-5-7-12(8-6-11)22(19,20)17-9-14(15,16)13(18)21-3/h5-8,10,17H,4,9H2,1-3H3. The van der Waals surface area contributed by atoms with Crippen molar-refractivity contribution in [1.82, 2.24) is 4.72 Å². The quantitative estimate of drug-likeness (QED) is 0.776. The van der Waals surface area contributed by atoms with E-state index in [1.807, 2.05) is 13.8 Å². The van der Waals surface area contributed by atoms with Gasteiger partial charge in [0.2, 0.25) is 10.0 Å². The number of ether oxygens (including phenoxy) is 1. The third-order valence-corrected chi connectivity index (χ3v) is 4.76. The number of hydrogen-bond acceptors (Lipinski definition) is 4. The Morgan fingerprint density at radius 2 is 1.86 bits per heavy atom. The van der Waals surface area contributed by atoms with Crippen molar-refractivity contribution in [1.29, 1.82) is 0 Å². The van der Waals surface area contributed by atoms with Gasteiger partial charge in [-0.1, -0.05) is 26.0 Å². The van der Waals surface area contributed by atoms with Crippen LogP contribution >= 0.6 is 0 Å². The average molecular weight is 335 g/mol. The molecule has 1 N–H and O–H groups in total. The number of rotatable bonds is 7. The minimum Gasteiger partial charge on any atom is -0.465 e. The van der Waals surface area contributed by atoms with Crippen molar-refractivity contribution in [2.75, 3.05) is 13.7 Å². The average Bonchev–Trinajstić information content (AvgIpc) is 2.51. The molecule has 124 valence electrons. The van der Waals surface area contributed by atoms with Gasteiger partial charge in [-0.15, -0.1) is 0 Å². The highest BCUT2D eigenvalue weighted by atomic mass is 32.2. The third-order valence-electron chi connectivity index (χ3n) is 3.34. The van der Waals surface area contributed by atoms with E-state index in [-0.39, 0.29) is 10.8 Å². The predicted molar refractivity (Wildman–Crippen MR) is 77.3 cm³/mol. The molecule has 0 amide bonds. The summed E-state index contributed by atoms with van der Waals surface area (Å²) in [7, 11) is -3.32. The summed E-state index contributed by atoms with van der Waals surface area (Å²) in [6.45, 7) is 2.65. The summed E-state index contributed by atoms with van der Waals surface area (Å²) in [6, 6.07) is 5.97. The molecule has 0 fully saturated rings. The first-order valence-corrected chi connectivity index (χ1v) is 8.18. The maximum atomic E-state index is 13.3. The summed E-state index contributed by atoms with van der Waals surface area (Å²) in [5, 5.41) is 0. The van der Waals surface area contributed by atoms with Crippen LogP contribution in [0.15, 0.2) is 29.2 Å². The van der Waals surface area contributed by atoms with Crippen LogP contribution in [0.1, 0.15) is 31.7 Å². The van der Waals surface area contributed by atoms with Crippen molar-refractivity contribution in [3.8, 4) is 0 Å². The van der Waals surface area contributed by atoms with Crippen LogP contribution in [0.2, 0.25) is 0 Å². The van der Waals surface area contributed by atoms with Gasteiger partial charge in [0.15, 0.2) is 0 Å². The predicted octanol–water partition coefficient (Wildman–Crippen LogP) is 2.29. The largest absolute Gasteiger partial charge is 0.465 e. The normalized spacial score (nSPS) is 13.7. The summed E-state index contributed by atoms with van der Waals surface area (Å²) >= 11 is 0. The lowest BCUT2D eigenvalue weighted by atomic mass is 9.99. The van der Waals surface area contributed by atoms with Gasteiger partial charge in [0.25, 0.3) is 0 Å². The molecule has 0 aliphatic rings. The summed E-state index contributed by atoms with van der Waals surface area (Å²) in [6.07, 6.45) is 0.899. The highest BCUT2D eigenvalue weighted by molar-refractivity contribution is 7.89. The Kier molecular flexibility index (Phi) is 6.01. The summed E-state index contributed by atoms with van der Waals surface area (Å²) in [5.74, 6) is -5.44. The first-order valence-electron chi connectivity index (χ1n) is 6.70. The Balaban J connectivity index is 2.85. The summed E-state index contributed by atoms with van der Waals surface area (Å²) < 4.78 is 56.1. The molecular weight excluding hydrogens is 316 g/mol. The van der Waals surface area contributed by atoms with Crippen LogP contribution in [-0.4, -0.2) is 34.0 Å². The zero-order valence-corrected chi connectivity index (χ0v) is 13.4. The second kappa shape index (κ2) is 7.15. The third kappa shape index (κ3) is 4.48. The zero-order chi connectivity index (χ0) is 17.0. The Hall–Kier alpha value is -1.54. The molecule has 22 heavy (non-hydrogen) atoms. The molecule has 0 aromatic heterocycles. The summed E-state index contributed by atoms with van der Waals surface area (Å²) in [4.78, 5) is 10.7. The molecule has 0 radical (unpaired) electrons. The van der Waals surface area contributed by atoms with Crippen molar-refractivity contribution < 1.29 is 26.7 Å². The maximum Gasteiger partial charge on any atom is 0.378 e. The van der Waals surface area contributed by atoms with Crippen molar-refractivity contribution in [2.24, 2.45) is 0 Å². The highest BCUT2D eigenvalue weighted by Crippen LogP contribution is 2.21. The molecule has 0 spiro atoms. The molecule has 0 saturated carbocycles. The minimum absolute atomic E-state index is 0.139. The molecule has 5 nitrogen and oxygen atoms in total. The van der Waals surface area contributed by atoms with Gasteiger partial charge in [-0.3, -0.25) is 0 Å². The van der Waals surface area contributed by atoms with Gasteiger partial charge in [0.1, 0.15) is 0 Å². The van der Waals surface area contributed by atoms with Gasteiger partial charge in [0, 0.05) is 0 Å². The zero-order valence-electron chi connectivity index (χ0n) is 12.6. The number of esters is 1. The van der Waals surface area contributed by atoms with E-state index in [2.05, 4.69) is 4.74 Å². The highest BCUT2D eigenvalue weighted by Gasteiger charge is 2.41. The topological polar surface area (TPSA) is 72.5 Å². The lowest BCUT2D eigenvalue weighted by Crippen LogP contribution is -2.42. The van der Waals surface area contributed by atoms with E-state index in [4.69, 9.17) is 0 Å². The summed E-state index contributed by atoms with van der Waals surface area (Å²) in [5.41, 5.74) is 0.960. The number of carbonyl (C=O) groups is 1. The Bertz CT molecular complexity index is 614. The second-order valence-electron chi connectivity index (χ2n) is 4.90. The van der Waals surface area contributed by atoms with Gasteiger partial charge >= 0.3 is 11.9 Å². The number of methoxy groups -OCH3 is 1. The van der Waals surface area contributed by atoms with Gasteiger partial charge in [-0.05, 0) is 30.0 Å². The number of nitrogens with one attached hydrogen (secondary N) is 1. The van der Waals surface area contributed by atoms with Crippen LogP contribution in [0.4, 0.5) is 8.78 Å². The van der Waals surface area contributed by atoms with E-state index in [0.717, 1.165) is 19.1 Å². The van der Waals surface area contributed by atoms with E-state index in [1.54, 1.807) is 16.9 Å². The number of alkyl halides is 2. The Labute approximate surface area is 128 Å². The molecule has 1 rings (SSSR count). The molecule has 0 saturated heterocycles. The number of sulfonamides is 1. The van der Waals surface area contributed by atoms with Gasteiger partial charge in [-0.2, -0.15) is 8.78 Å². The smallest absolute Gasteiger partial charge is 0.378 e. The van der Waals surface area contributed by atoms with E-state index >= 15 is 0 Å². The number of halogens is 2. The minimum atomic E-state index is -4.12. The van der Waals surface area contributed by atoms with Crippen LogP contribution in [0, 0.1) is 0 Å². The second-order valence-corrected chi connectivity index (χ2v) is 6.67. The molecule has 8 heteroatoms. The van der Waals surface area contributed by atoms with Crippen LogP contribution < -0.4 is 4.72 Å². The van der Waals surface area contributed by atoms with Gasteiger partial charge in [0.05, 0.1) is 18.6 Å². The van der Waals surface area contributed by atoms with Crippen LogP contribution in [0.3, 0.4) is 0 Å². The van der Waals surface area contributed by atoms with E-state index in [0.29, 0.717) is 0 Å². The number of benzene rings is 1. The SMILES string of the molecule is CCC(C)c1ccc(S(=O)(=O)NCC(F)(F)C(=O)OC)cc1. The van der Waals surface area contributed by atoms with Crippen LogP contribution in [0.5, 0.6) is 0 Å². The molecule has 1 atom stereocenters. The molecular formula is C14H19F2NO4S. The Morgan fingerprint density at radius 3 is 2.32 bits per heavy atom. The molecule has 1 aromatic carbocycles. The van der Waals surface area contributed by atoms with E-state index < -0.39 is 28.5 Å². The monoisotopic (exact) mass is 335 g/mol. The fourth-order valence-electron chi connectivity index (χ4n) is 1.70. The number of carbonyl (C=O) groups excluding carboxylic acids is 1. The maximum absolute atomic E-state index is 13.3. The van der Waals surface area contributed by atoms with Crippen molar-refractivity contribution >= 4 is 16.0 Å². The first kappa shape index (κ1) is 18.5. The fraction of sp³-hybridized carbons (Fsp3) is 0.500. The lowest BCUT2D eigenvalue weighted by Gasteiger charge is -2.15. The van der Waals surface area contributed by atoms with Crippen LogP contribution in [-0.2, 0) is 19.6 Å². The molecule has 0 bridgehead atoms. The Morgan fingerprint density at radius 1 is 1.32 bits per heavy atom. The molecule has 0 aliphatic carbocycles. The molecule has 0 heterocycles. The van der Waals surface area contributed by atoms with Gasteiger partial charge < -0.3 is 4.74 Å². The fourth-order valence-corrected chi connectivity index (χ4v) is 2.73. The van der Waals surface area contributed by atoms with Crippen LogP contribution in [0.25, 0.3) is 0 Å². The van der Waals surface area contributed by atoms with Crippen molar-refractivity contribution in [2.45, 2.75) is 37.0 Å². The first-order chi connectivity index (χ1) is 10.1. The van der Waals surface area contributed by atoms with E-state index in [1.165, 1.54) is 12.1 Å². The molecule has 1 aromatic rings. The number of hydrogen-bond donors (Lipinski definition) is 1. The van der Waals surface area contributed by atoms with Crippen molar-refractivity contribution in [3.05, 3.63) is 29.8 Å².